The molecular formula is C13H19Br. The molecule has 1 aromatic rings. The average molecular weight is 255 g/mol. The number of aryl methyl sites for hydroxylation is 2. The molecule has 78 valence electrons. The molecule has 1 atom stereocenters. The summed E-state index contributed by atoms with van der Waals surface area (Å²) in [6, 6.07) is 6.64. The number of alkyl halides is 1. The van der Waals surface area contributed by atoms with Crippen LogP contribution in [0.15, 0.2) is 18.2 Å². The third kappa shape index (κ3) is 2.60. The molecule has 1 unspecified atom stereocenters. The van der Waals surface area contributed by atoms with Crippen molar-refractivity contribution in [1.82, 2.24) is 0 Å². The van der Waals surface area contributed by atoms with Gasteiger partial charge in [0.15, 0.2) is 0 Å². The molecule has 0 aliphatic carbocycles. The van der Waals surface area contributed by atoms with Gasteiger partial charge in [-0.3, -0.25) is 0 Å². The number of halogens is 1. The van der Waals surface area contributed by atoms with Crippen molar-refractivity contribution in [2.24, 2.45) is 5.41 Å². The van der Waals surface area contributed by atoms with Gasteiger partial charge in [0, 0.05) is 4.83 Å². The largest absolute Gasteiger partial charge is 0.0833 e. The van der Waals surface area contributed by atoms with Crippen molar-refractivity contribution in [3.05, 3.63) is 34.9 Å². The lowest BCUT2D eigenvalue weighted by Crippen LogP contribution is -2.13. The molecule has 0 radical (unpaired) electrons. The Bertz CT molecular complexity index is 320. The highest BCUT2D eigenvalue weighted by molar-refractivity contribution is 9.09. The van der Waals surface area contributed by atoms with E-state index in [9.17, 15) is 0 Å². The van der Waals surface area contributed by atoms with E-state index in [-0.39, 0.29) is 5.41 Å². The molecule has 1 rings (SSSR count). The van der Waals surface area contributed by atoms with Crippen molar-refractivity contribution >= 4 is 15.9 Å². The second-order valence-corrected chi connectivity index (χ2v) is 6.00. The highest BCUT2D eigenvalue weighted by Crippen LogP contribution is 2.41. The molecule has 0 bridgehead atoms. The second kappa shape index (κ2) is 4.06. The third-order valence-corrected chi connectivity index (χ3v) is 4.33. The Morgan fingerprint density at radius 1 is 1.14 bits per heavy atom. The monoisotopic (exact) mass is 254 g/mol. The van der Waals surface area contributed by atoms with Crippen molar-refractivity contribution in [3.8, 4) is 0 Å². The Hall–Kier alpha value is -0.300. The van der Waals surface area contributed by atoms with Crippen LogP contribution in [0.2, 0.25) is 0 Å². The molecular weight excluding hydrogens is 236 g/mol. The van der Waals surface area contributed by atoms with Crippen LogP contribution in [0, 0.1) is 19.3 Å². The standard InChI is InChI=1S/C13H19Br/c1-9-6-7-10(2)11(8-9)12(14)13(3,4)5/h6-8,12H,1-5H3. The second-order valence-electron chi connectivity index (χ2n) is 5.09. The van der Waals surface area contributed by atoms with Crippen LogP contribution in [0.3, 0.4) is 0 Å². The van der Waals surface area contributed by atoms with Crippen LogP contribution in [0.4, 0.5) is 0 Å². The first-order valence-corrected chi connectivity index (χ1v) is 5.95. The lowest BCUT2D eigenvalue weighted by Gasteiger charge is -2.27. The fourth-order valence-corrected chi connectivity index (χ4v) is 1.99. The quantitative estimate of drug-likeness (QED) is 0.633. The maximum Gasteiger partial charge on any atom is 0.0446 e. The highest BCUT2D eigenvalue weighted by atomic mass is 79.9. The Morgan fingerprint density at radius 2 is 1.71 bits per heavy atom. The first kappa shape index (κ1) is 11.8. The Balaban J connectivity index is 3.12. The van der Waals surface area contributed by atoms with E-state index in [0.29, 0.717) is 4.83 Å². The van der Waals surface area contributed by atoms with Crippen molar-refractivity contribution in [3.63, 3.8) is 0 Å². The summed E-state index contributed by atoms with van der Waals surface area (Å²) in [7, 11) is 0. The van der Waals surface area contributed by atoms with E-state index >= 15 is 0 Å². The molecule has 0 nitrogen and oxygen atoms in total. The Morgan fingerprint density at radius 3 is 2.21 bits per heavy atom. The summed E-state index contributed by atoms with van der Waals surface area (Å²) in [4.78, 5) is 0.426. The number of hydrogen-bond acceptors (Lipinski definition) is 0. The van der Waals surface area contributed by atoms with Crippen molar-refractivity contribution in [1.29, 1.82) is 0 Å². The van der Waals surface area contributed by atoms with Gasteiger partial charge in [0.05, 0.1) is 0 Å². The maximum atomic E-state index is 3.79. The van der Waals surface area contributed by atoms with Gasteiger partial charge >= 0.3 is 0 Å². The molecule has 0 saturated carbocycles. The molecule has 1 heteroatoms. The molecule has 0 heterocycles. The minimum atomic E-state index is 0.262. The minimum absolute atomic E-state index is 0.262. The summed E-state index contributed by atoms with van der Waals surface area (Å²) in [6.45, 7) is 11.1. The predicted octanol–water partition coefficient (Wildman–Crippen LogP) is 4.79. The van der Waals surface area contributed by atoms with Gasteiger partial charge in [0.1, 0.15) is 0 Å². The molecule has 1 aromatic carbocycles. The summed E-state index contributed by atoms with van der Waals surface area (Å²) >= 11 is 3.79. The summed E-state index contributed by atoms with van der Waals surface area (Å²) in [5.74, 6) is 0. The van der Waals surface area contributed by atoms with Crippen LogP contribution in [0.5, 0.6) is 0 Å². The molecule has 14 heavy (non-hydrogen) atoms. The van der Waals surface area contributed by atoms with Gasteiger partial charge in [-0.1, -0.05) is 60.5 Å². The molecule has 0 aliphatic heterocycles. The Labute approximate surface area is 95.9 Å². The first-order valence-electron chi connectivity index (χ1n) is 5.03. The van der Waals surface area contributed by atoms with Gasteiger partial charge < -0.3 is 0 Å². The van der Waals surface area contributed by atoms with Gasteiger partial charge in [-0.15, -0.1) is 0 Å². The van der Waals surface area contributed by atoms with Crippen molar-refractivity contribution in [2.75, 3.05) is 0 Å². The van der Waals surface area contributed by atoms with E-state index in [1.165, 1.54) is 16.7 Å². The Kier molecular flexibility index (Phi) is 3.41. The summed E-state index contributed by atoms with van der Waals surface area (Å²) in [5.41, 5.74) is 4.38. The molecule has 0 saturated heterocycles. The fraction of sp³-hybridized carbons (Fsp3) is 0.538. The van der Waals surface area contributed by atoms with Crippen LogP contribution in [0.25, 0.3) is 0 Å². The zero-order valence-electron chi connectivity index (χ0n) is 9.69. The normalized spacial score (nSPS) is 14.1. The number of hydrogen-bond donors (Lipinski definition) is 0. The lowest BCUT2D eigenvalue weighted by atomic mass is 9.86. The maximum absolute atomic E-state index is 3.79. The summed E-state index contributed by atoms with van der Waals surface area (Å²) in [6.07, 6.45) is 0. The fourth-order valence-electron chi connectivity index (χ4n) is 1.50. The lowest BCUT2D eigenvalue weighted by molar-refractivity contribution is 0.406. The highest BCUT2D eigenvalue weighted by Gasteiger charge is 2.24. The van der Waals surface area contributed by atoms with E-state index in [1.807, 2.05) is 0 Å². The van der Waals surface area contributed by atoms with Gasteiger partial charge in [0.2, 0.25) is 0 Å². The van der Waals surface area contributed by atoms with Crippen LogP contribution in [-0.4, -0.2) is 0 Å². The van der Waals surface area contributed by atoms with E-state index in [1.54, 1.807) is 0 Å². The molecule has 0 aliphatic rings. The molecule has 0 aromatic heterocycles. The van der Waals surface area contributed by atoms with Gasteiger partial charge in [-0.05, 0) is 30.4 Å². The topological polar surface area (TPSA) is 0 Å². The predicted molar refractivity (Wildman–Crippen MR) is 67.0 cm³/mol. The van der Waals surface area contributed by atoms with Crippen LogP contribution in [0.1, 0.15) is 42.3 Å². The summed E-state index contributed by atoms with van der Waals surface area (Å²) < 4.78 is 0. The van der Waals surface area contributed by atoms with Crippen LogP contribution >= 0.6 is 15.9 Å². The zero-order valence-corrected chi connectivity index (χ0v) is 11.3. The van der Waals surface area contributed by atoms with E-state index in [2.05, 4.69) is 68.7 Å². The first-order chi connectivity index (χ1) is 6.32. The SMILES string of the molecule is Cc1ccc(C)c(C(Br)C(C)(C)C)c1. The van der Waals surface area contributed by atoms with E-state index in [0.717, 1.165) is 0 Å². The van der Waals surface area contributed by atoms with E-state index in [4.69, 9.17) is 0 Å². The zero-order chi connectivity index (χ0) is 10.9. The van der Waals surface area contributed by atoms with Gasteiger partial charge in [-0.25, -0.2) is 0 Å². The number of benzene rings is 1. The average Bonchev–Trinajstić information content (AvgIpc) is 2.06. The van der Waals surface area contributed by atoms with Crippen molar-refractivity contribution < 1.29 is 0 Å². The van der Waals surface area contributed by atoms with Gasteiger partial charge in [0.25, 0.3) is 0 Å². The van der Waals surface area contributed by atoms with E-state index < -0.39 is 0 Å². The molecule has 0 N–H and O–H groups in total. The van der Waals surface area contributed by atoms with Crippen LogP contribution in [-0.2, 0) is 0 Å². The van der Waals surface area contributed by atoms with Crippen LogP contribution < -0.4 is 0 Å². The molecule has 0 fully saturated rings. The molecule has 0 amide bonds. The summed E-state index contributed by atoms with van der Waals surface area (Å²) in [5, 5.41) is 0. The minimum Gasteiger partial charge on any atom is -0.0833 e. The van der Waals surface area contributed by atoms with Crippen molar-refractivity contribution in [2.45, 2.75) is 39.4 Å². The van der Waals surface area contributed by atoms with Gasteiger partial charge in [-0.2, -0.15) is 0 Å². The smallest absolute Gasteiger partial charge is 0.0446 e. The number of rotatable bonds is 1. The third-order valence-electron chi connectivity index (χ3n) is 2.47. The molecule has 0 spiro atoms.